The Morgan fingerprint density at radius 3 is 2.21 bits per heavy atom. The van der Waals surface area contributed by atoms with Crippen molar-refractivity contribution in [2.24, 2.45) is 11.7 Å². The number of nitrogens with zero attached hydrogens (tertiary/aromatic N) is 2. The van der Waals surface area contributed by atoms with E-state index >= 15 is 0 Å². The van der Waals surface area contributed by atoms with Crippen molar-refractivity contribution in [1.82, 2.24) is 9.97 Å². The van der Waals surface area contributed by atoms with Crippen molar-refractivity contribution in [3.05, 3.63) is 46.9 Å². The molecule has 8 heteroatoms. The van der Waals surface area contributed by atoms with E-state index in [4.69, 9.17) is 10.5 Å². The Balaban J connectivity index is 1.68. The van der Waals surface area contributed by atoms with E-state index in [1.54, 1.807) is 6.92 Å². The third kappa shape index (κ3) is 6.33. The summed E-state index contributed by atoms with van der Waals surface area (Å²) in [5.74, 6) is -0.434. The molecule has 1 aromatic carbocycles. The number of aryl methyl sites for hydroxylation is 1. The molecular weight excluding hydrogens is 428 g/mol. The van der Waals surface area contributed by atoms with Crippen molar-refractivity contribution in [2.75, 3.05) is 0 Å². The highest BCUT2D eigenvalue weighted by Gasteiger charge is 2.27. The van der Waals surface area contributed by atoms with Crippen molar-refractivity contribution in [3.8, 4) is 11.3 Å². The quantitative estimate of drug-likeness (QED) is 0.576. The van der Waals surface area contributed by atoms with Gasteiger partial charge in [0.1, 0.15) is 11.3 Å². The second-order valence-electron chi connectivity index (χ2n) is 9.69. The number of hydrogen-bond donors (Lipinski definition) is 1. The van der Waals surface area contributed by atoms with E-state index in [0.29, 0.717) is 35.2 Å². The van der Waals surface area contributed by atoms with Gasteiger partial charge in [-0.1, -0.05) is 24.3 Å². The van der Waals surface area contributed by atoms with Crippen molar-refractivity contribution >= 4 is 11.9 Å². The molecule has 1 aliphatic rings. The summed E-state index contributed by atoms with van der Waals surface area (Å²) < 4.78 is 31.8. The molecule has 1 saturated carbocycles. The minimum absolute atomic E-state index is 0.139. The lowest BCUT2D eigenvalue weighted by atomic mass is 9.77. The molecule has 33 heavy (non-hydrogen) atoms. The fourth-order valence-corrected chi connectivity index (χ4v) is 4.38. The first-order valence-electron chi connectivity index (χ1n) is 11.2. The minimum atomic E-state index is -2.93. The van der Waals surface area contributed by atoms with Gasteiger partial charge < -0.3 is 10.5 Å². The van der Waals surface area contributed by atoms with Crippen LogP contribution >= 0.6 is 0 Å². The third-order valence-electron chi connectivity index (χ3n) is 5.91. The van der Waals surface area contributed by atoms with Crippen LogP contribution in [0.2, 0.25) is 0 Å². The first-order valence-corrected chi connectivity index (χ1v) is 11.2. The zero-order valence-electron chi connectivity index (χ0n) is 19.5. The Morgan fingerprint density at radius 2 is 1.70 bits per heavy atom. The van der Waals surface area contributed by atoms with Gasteiger partial charge in [0.15, 0.2) is 5.69 Å². The van der Waals surface area contributed by atoms with Crippen LogP contribution in [0.25, 0.3) is 11.3 Å². The lowest BCUT2D eigenvalue weighted by molar-refractivity contribution is -0.156. The molecule has 1 aromatic heterocycles. The van der Waals surface area contributed by atoms with Gasteiger partial charge in [-0.3, -0.25) is 9.59 Å². The Bertz CT molecular complexity index is 1010. The minimum Gasteiger partial charge on any atom is -0.460 e. The second-order valence-corrected chi connectivity index (χ2v) is 9.69. The molecule has 1 aliphatic carbocycles. The number of carbonyl (C=O) groups is 2. The van der Waals surface area contributed by atoms with Gasteiger partial charge in [0.2, 0.25) is 0 Å². The number of hydrogen-bond acceptors (Lipinski definition) is 5. The summed E-state index contributed by atoms with van der Waals surface area (Å²) in [6, 6.07) is 7.73. The first kappa shape index (κ1) is 24.7. The predicted octanol–water partition coefficient (Wildman–Crippen LogP) is 5.49. The number of esters is 1. The van der Waals surface area contributed by atoms with Gasteiger partial charge in [-0.25, -0.2) is 18.7 Å². The standard InChI is InChI=1S/C25H31F2N3O3/c1-14-20(30-22(24(28)32)21(29-14)23(26)27)18-11-9-17(10-12-18)16-7-5-15(6-8-16)13-19(31)33-25(2,3)4/h9-12,15-16,23H,5-8,13H2,1-4H3,(H2,28,32)/t15-,16-. The topological polar surface area (TPSA) is 95.2 Å². The van der Waals surface area contributed by atoms with Crippen LogP contribution in [0.1, 0.15) is 92.7 Å². The second kappa shape index (κ2) is 9.93. The molecule has 0 saturated heterocycles. The summed E-state index contributed by atoms with van der Waals surface area (Å²) >= 11 is 0. The number of amides is 1. The number of carbonyl (C=O) groups excluding carboxylic acids is 2. The number of alkyl halides is 2. The predicted molar refractivity (Wildman–Crippen MR) is 121 cm³/mol. The average Bonchev–Trinajstić information content (AvgIpc) is 2.72. The van der Waals surface area contributed by atoms with Crippen molar-refractivity contribution in [3.63, 3.8) is 0 Å². The van der Waals surface area contributed by atoms with Gasteiger partial charge in [0, 0.05) is 12.0 Å². The summed E-state index contributed by atoms with van der Waals surface area (Å²) in [6.07, 6.45) is 1.43. The number of rotatable bonds is 6. The summed E-state index contributed by atoms with van der Waals surface area (Å²) in [6.45, 7) is 7.21. The van der Waals surface area contributed by atoms with E-state index < -0.39 is 29.3 Å². The van der Waals surface area contributed by atoms with Crippen molar-refractivity contribution in [2.45, 2.75) is 77.7 Å². The van der Waals surface area contributed by atoms with E-state index in [1.807, 2.05) is 45.0 Å². The molecule has 1 heterocycles. The van der Waals surface area contributed by atoms with E-state index in [2.05, 4.69) is 9.97 Å². The number of primary amides is 1. The molecule has 0 aliphatic heterocycles. The van der Waals surface area contributed by atoms with Gasteiger partial charge in [0.05, 0.1) is 11.4 Å². The first-order chi connectivity index (χ1) is 15.4. The van der Waals surface area contributed by atoms with Gasteiger partial charge in [-0.2, -0.15) is 0 Å². The van der Waals surface area contributed by atoms with Crippen LogP contribution in [0.4, 0.5) is 8.78 Å². The molecule has 1 fully saturated rings. The fourth-order valence-electron chi connectivity index (χ4n) is 4.38. The van der Waals surface area contributed by atoms with Gasteiger partial charge in [0.25, 0.3) is 12.3 Å². The molecule has 0 unspecified atom stereocenters. The van der Waals surface area contributed by atoms with Crippen LogP contribution in [0.5, 0.6) is 0 Å². The van der Waals surface area contributed by atoms with Gasteiger partial charge in [-0.15, -0.1) is 0 Å². The summed E-state index contributed by atoms with van der Waals surface area (Å²) in [5.41, 5.74) is 6.12. The van der Waals surface area contributed by atoms with E-state index in [9.17, 15) is 18.4 Å². The largest absolute Gasteiger partial charge is 0.460 e. The zero-order chi connectivity index (χ0) is 24.3. The number of halogens is 2. The Hall–Kier alpha value is -2.90. The highest BCUT2D eigenvalue weighted by molar-refractivity contribution is 5.92. The van der Waals surface area contributed by atoms with Gasteiger partial charge in [-0.05, 0) is 70.8 Å². The van der Waals surface area contributed by atoms with Crippen LogP contribution in [0, 0.1) is 12.8 Å². The smallest absolute Gasteiger partial charge is 0.306 e. The maximum absolute atomic E-state index is 13.2. The molecule has 2 N–H and O–H groups in total. The number of nitrogens with two attached hydrogens (primary N) is 1. The highest BCUT2D eigenvalue weighted by Crippen LogP contribution is 2.38. The van der Waals surface area contributed by atoms with Crippen LogP contribution < -0.4 is 5.73 Å². The number of benzene rings is 1. The lowest BCUT2D eigenvalue weighted by Crippen LogP contribution is -2.26. The molecule has 6 nitrogen and oxygen atoms in total. The third-order valence-corrected chi connectivity index (χ3v) is 5.91. The Kier molecular flexibility index (Phi) is 7.44. The molecule has 0 radical (unpaired) electrons. The normalized spacial score (nSPS) is 18.9. The molecule has 178 valence electrons. The SMILES string of the molecule is Cc1nc(C(F)F)c(C(N)=O)nc1-c1ccc([C@H]2CC[C@H](CC(=O)OC(C)(C)C)CC2)cc1. The van der Waals surface area contributed by atoms with Crippen LogP contribution in [-0.4, -0.2) is 27.4 Å². The molecule has 3 rings (SSSR count). The Morgan fingerprint density at radius 1 is 1.09 bits per heavy atom. The monoisotopic (exact) mass is 459 g/mol. The summed E-state index contributed by atoms with van der Waals surface area (Å²) in [5, 5.41) is 0. The number of aromatic nitrogens is 2. The van der Waals surface area contributed by atoms with Crippen LogP contribution in [0.3, 0.4) is 0 Å². The van der Waals surface area contributed by atoms with Crippen LogP contribution in [0.15, 0.2) is 24.3 Å². The van der Waals surface area contributed by atoms with E-state index in [0.717, 1.165) is 25.7 Å². The van der Waals surface area contributed by atoms with Crippen LogP contribution in [-0.2, 0) is 9.53 Å². The zero-order valence-corrected chi connectivity index (χ0v) is 19.5. The summed E-state index contributed by atoms with van der Waals surface area (Å²) in [7, 11) is 0. The molecule has 0 atom stereocenters. The Labute approximate surface area is 193 Å². The molecule has 2 aromatic rings. The maximum atomic E-state index is 13.2. The van der Waals surface area contributed by atoms with Crippen molar-refractivity contribution < 1.29 is 23.1 Å². The summed E-state index contributed by atoms with van der Waals surface area (Å²) in [4.78, 5) is 31.7. The van der Waals surface area contributed by atoms with E-state index in [1.165, 1.54) is 5.56 Å². The highest BCUT2D eigenvalue weighted by atomic mass is 19.3. The molecule has 0 spiro atoms. The average molecular weight is 460 g/mol. The lowest BCUT2D eigenvalue weighted by Gasteiger charge is -2.29. The van der Waals surface area contributed by atoms with Crippen molar-refractivity contribution in [1.29, 1.82) is 0 Å². The number of ether oxygens (including phenoxy) is 1. The molecule has 0 bridgehead atoms. The van der Waals surface area contributed by atoms with Gasteiger partial charge >= 0.3 is 5.97 Å². The molecular formula is C25H31F2N3O3. The molecule has 1 amide bonds. The fraction of sp³-hybridized carbons (Fsp3) is 0.520. The maximum Gasteiger partial charge on any atom is 0.306 e. The van der Waals surface area contributed by atoms with E-state index in [-0.39, 0.29) is 5.97 Å².